The molecule has 4 aromatic rings. The molecule has 0 spiro atoms. The number of ether oxygens (including phenoxy) is 2. The molecule has 2 N–H and O–H groups in total. The number of aryl methyl sites for hydroxylation is 1. The SMILES string of the molecule is COc1ccc(NC(=O)c2[nH]c3c(c2C)C(=O)CCC3)cc1OCc1cn2ccccc2n1. The number of rotatable bonds is 6. The second kappa shape index (κ2) is 8.46. The third-order valence-corrected chi connectivity index (χ3v) is 5.88. The Morgan fingerprint density at radius 3 is 2.88 bits per heavy atom. The van der Waals surface area contributed by atoms with Crippen LogP contribution in [-0.2, 0) is 13.0 Å². The Hall–Kier alpha value is -4.07. The lowest BCUT2D eigenvalue weighted by Crippen LogP contribution is -2.14. The van der Waals surface area contributed by atoms with E-state index in [-0.39, 0.29) is 18.3 Å². The van der Waals surface area contributed by atoms with Crippen molar-refractivity contribution in [3.05, 3.63) is 77.0 Å². The first-order chi connectivity index (χ1) is 16.0. The number of pyridine rings is 1. The van der Waals surface area contributed by atoms with E-state index in [1.165, 1.54) is 0 Å². The summed E-state index contributed by atoms with van der Waals surface area (Å²) in [6, 6.07) is 11.0. The van der Waals surface area contributed by atoms with Crippen molar-refractivity contribution < 1.29 is 19.1 Å². The van der Waals surface area contributed by atoms with E-state index in [1.807, 2.05) is 41.9 Å². The van der Waals surface area contributed by atoms with Crippen LogP contribution in [0.3, 0.4) is 0 Å². The monoisotopic (exact) mass is 444 g/mol. The van der Waals surface area contributed by atoms with Crippen molar-refractivity contribution in [1.29, 1.82) is 0 Å². The minimum Gasteiger partial charge on any atom is -0.493 e. The maximum atomic E-state index is 13.0. The highest BCUT2D eigenvalue weighted by Crippen LogP contribution is 2.32. The summed E-state index contributed by atoms with van der Waals surface area (Å²) in [5.41, 5.74) is 4.80. The fourth-order valence-corrected chi connectivity index (χ4v) is 4.27. The maximum Gasteiger partial charge on any atom is 0.272 e. The Balaban J connectivity index is 1.34. The van der Waals surface area contributed by atoms with E-state index in [0.29, 0.717) is 40.4 Å². The third-order valence-electron chi connectivity index (χ3n) is 5.88. The molecule has 0 fully saturated rings. The smallest absolute Gasteiger partial charge is 0.272 e. The molecule has 0 saturated carbocycles. The van der Waals surface area contributed by atoms with Crippen LogP contribution in [0.1, 0.15) is 50.6 Å². The molecule has 1 aliphatic rings. The Morgan fingerprint density at radius 2 is 2.09 bits per heavy atom. The zero-order valence-electron chi connectivity index (χ0n) is 18.5. The van der Waals surface area contributed by atoms with Gasteiger partial charge in [-0.05, 0) is 49.6 Å². The number of carbonyl (C=O) groups is 2. The predicted octanol–water partition coefficient (Wildman–Crippen LogP) is 4.33. The van der Waals surface area contributed by atoms with E-state index in [9.17, 15) is 9.59 Å². The number of methoxy groups -OCH3 is 1. The van der Waals surface area contributed by atoms with Crippen LogP contribution in [0.2, 0.25) is 0 Å². The number of imidazole rings is 1. The minimum atomic E-state index is -0.300. The molecule has 3 heterocycles. The number of Topliss-reactive ketones (excluding diaryl/α,β-unsaturated/α-hetero) is 1. The molecule has 8 heteroatoms. The summed E-state index contributed by atoms with van der Waals surface area (Å²) in [6.07, 6.45) is 5.94. The maximum absolute atomic E-state index is 13.0. The van der Waals surface area contributed by atoms with Crippen molar-refractivity contribution in [3.8, 4) is 11.5 Å². The number of aromatic amines is 1. The third kappa shape index (κ3) is 3.95. The van der Waals surface area contributed by atoms with Gasteiger partial charge in [0.1, 0.15) is 17.9 Å². The number of fused-ring (bicyclic) bond motifs is 2. The van der Waals surface area contributed by atoms with E-state index in [0.717, 1.165) is 29.9 Å². The molecular weight excluding hydrogens is 420 g/mol. The summed E-state index contributed by atoms with van der Waals surface area (Å²) in [6.45, 7) is 2.06. The highest BCUT2D eigenvalue weighted by molar-refractivity contribution is 6.08. The summed E-state index contributed by atoms with van der Waals surface area (Å²) in [4.78, 5) is 32.9. The lowest BCUT2D eigenvalue weighted by molar-refractivity contribution is 0.0971. The fraction of sp³-hybridized carbons (Fsp3) is 0.240. The first-order valence-electron chi connectivity index (χ1n) is 10.8. The zero-order valence-corrected chi connectivity index (χ0v) is 18.5. The summed E-state index contributed by atoms with van der Waals surface area (Å²) >= 11 is 0. The number of hydrogen-bond donors (Lipinski definition) is 2. The molecule has 0 unspecified atom stereocenters. The largest absolute Gasteiger partial charge is 0.493 e. The van der Waals surface area contributed by atoms with Gasteiger partial charge in [0.15, 0.2) is 17.3 Å². The van der Waals surface area contributed by atoms with Crippen molar-refractivity contribution in [2.24, 2.45) is 0 Å². The van der Waals surface area contributed by atoms with Gasteiger partial charge in [-0.3, -0.25) is 9.59 Å². The van der Waals surface area contributed by atoms with Crippen molar-refractivity contribution in [1.82, 2.24) is 14.4 Å². The molecule has 168 valence electrons. The Bertz CT molecular complexity index is 1340. The van der Waals surface area contributed by atoms with E-state index < -0.39 is 0 Å². The van der Waals surface area contributed by atoms with Crippen LogP contribution < -0.4 is 14.8 Å². The highest BCUT2D eigenvalue weighted by atomic mass is 16.5. The quantitative estimate of drug-likeness (QED) is 0.461. The van der Waals surface area contributed by atoms with Gasteiger partial charge < -0.3 is 24.2 Å². The molecule has 1 aliphatic carbocycles. The summed E-state index contributed by atoms with van der Waals surface area (Å²) < 4.78 is 13.3. The molecule has 0 atom stereocenters. The summed E-state index contributed by atoms with van der Waals surface area (Å²) in [5, 5.41) is 2.90. The first-order valence-corrected chi connectivity index (χ1v) is 10.8. The second-order valence-corrected chi connectivity index (χ2v) is 8.06. The molecular formula is C25H24N4O4. The number of ketones is 1. The predicted molar refractivity (Wildman–Crippen MR) is 123 cm³/mol. The van der Waals surface area contributed by atoms with E-state index in [4.69, 9.17) is 9.47 Å². The summed E-state index contributed by atoms with van der Waals surface area (Å²) in [5.74, 6) is 0.834. The average Bonchev–Trinajstić information content (AvgIpc) is 3.39. The topological polar surface area (TPSA) is 97.7 Å². The molecule has 8 nitrogen and oxygen atoms in total. The van der Waals surface area contributed by atoms with Crippen molar-refractivity contribution in [3.63, 3.8) is 0 Å². The molecule has 0 aliphatic heterocycles. The van der Waals surface area contributed by atoms with E-state index in [2.05, 4.69) is 15.3 Å². The van der Waals surface area contributed by atoms with Gasteiger partial charge in [0, 0.05) is 41.8 Å². The molecule has 5 rings (SSSR count). The molecule has 1 aromatic carbocycles. The Kier molecular flexibility index (Phi) is 5.34. The van der Waals surface area contributed by atoms with Gasteiger partial charge >= 0.3 is 0 Å². The van der Waals surface area contributed by atoms with Crippen LogP contribution in [0.5, 0.6) is 11.5 Å². The fourth-order valence-electron chi connectivity index (χ4n) is 4.27. The van der Waals surface area contributed by atoms with Crippen LogP contribution in [0.4, 0.5) is 5.69 Å². The van der Waals surface area contributed by atoms with Crippen molar-refractivity contribution in [2.45, 2.75) is 32.8 Å². The van der Waals surface area contributed by atoms with Crippen LogP contribution in [-0.4, -0.2) is 33.2 Å². The van der Waals surface area contributed by atoms with Crippen LogP contribution in [0, 0.1) is 6.92 Å². The normalized spacial score (nSPS) is 13.1. The van der Waals surface area contributed by atoms with Crippen molar-refractivity contribution >= 4 is 23.0 Å². The molecule has 0 radical (unpaired) electrons. The van der Waals surface area contributed by atoms with E-state index in [1.54, 1.807) is 25.3 Å². The summed E-state index contributed by atoms with van der Waals surface area (Å²) in [7, 11) is 1.56. The number of amides is 1. The van der Waals surface area contributed by atoms with Crippen LogP contribution in [0.15, 0.2) is 48.8 Å². The van der Waals surface area contributed by atoms with Gasteiger partial charge in [0.2, 0.25) is 0 Å². The number of benzene rings is 1. The number of anilines is 1. The number of hydrogen-bond acceptors (Lipinski definition) is 5. The molecule has 1 amide bonds. The van der Waals surface area contributed by atoms with Gasteiger partial charge in [0.25, 0.3) is 5.91 Å². The average molecular weight is 444 g/mol. The van der Waals surface area contributed by atoms with E-state index >= 15 is 0 Å². The number of nitrogens with zero attached hydrogens (tertiary/aromatic N) is 2. The molecule has 3 aromatic heterocycles. The van der Waals surface area contributed by atoms with Gasteiger partial charge in [-0.25, -0.2) is 4.98 Å². The number of H-pyrrole nitrogens is 1. The standard InChI is InChI=1S/C25H24N4O4/c1-15-23-18(6-5-7-19(23)30)28-24(15)25(31)27-16-9-10-20(32-2)21(12-16)33-14-17-13-29-11-4-3-8-22(29)26-17/h3-4,8-13,28H,5-7,14H2,1-2H3,(H,27,31). The van der Waals surface area contributed by atoms with Gasteiger partial charge in [0.05, 0.1) is 12.8 Å². The van der Waals surface area contributed by atoms with Crippen molar-refractivity contribution in [2.75, 3.05) is 12.4 Å². The zero-order chi connectivity index (χ0) is 22.9. The highest BCUT2D eigenvalue weighted by Gasteiger charge is 2.26. The lowest BCUT2D eigenvalue weighted by Gasteiger charge is -2.12. The van der Waals surface area contributed by atoms with Gasteiger partial charge in [-0.15, -0.1) is 0 Å². The van der Waals surface area contributed by atoms with Gasteiger partial charge in [-0.1, -0.05) is 6.07 Å². The van der Waals surface area contributed by atoms with Crippen LogP contribution >= 0.6 is 0 Å². The number of nitrogens with one attached hydrogen (secondary N) is 2. The first kappa shape index (κ1) is 20.8. The van der Waals surface area contributed by atoms with Gasteiger partial charge in [-0.2, -0.15) is 0 Å². The number of aromatic nitrogens is 3. The molecule has 33 heavy (non-hydrogen) atoms. The number of carbonyl (C=O) groups excluding carboxylic acids is 2. The lowest BCUT2D eigenvalue weighted by atomic mass is 9.94. The molecule has 0 bridgehead atoms. The second-order valence-electron chi connectivity index (χ2n) is 8.06. The molecule has 0 saturated heterocycles. The minimum absolute atomic E-state index is 0.0936. The Labute approximate surface area is 190 Å². The Morgan fingerprint density at radius 1 is 1.21 bits per heavy atom. The van der Waals surface area contributed by atoms with Crippen LogP contribution in [0.25, 0.3) is 5.65 Å².